The fraction of sp³-hybridized carbons (Fsp3) is 0.471. The maximum atomic E-state index is 4.44. The second kappa shape index (κ2) is 5.80. The van der Waals surface area contributed by atoms with Crippen molar-refractivity contribution in [3.05, 3.63) is 53.3 Å². The maximum Gasteiger partial charge on any atom is 0.0663 e. The van der Waals surface area contributed by atoms with Gasteiger partial charge in [0.05, 0.1) is 12.2 Å². The van der Waals surface area contributed by atoms with Crippen molar-refractivity contribution in [1.82, 2.24) is 15.1 Å². The summed E-state index contributed by atoms with van der Waals surface area (Å²) in [7, 11) is 0. The van der Waals surface area contributed by atoms with Crippen LogP contribution in [0.4, 0.5) is 0 Å². The molecule has 3 nitrogen and oxygen atoms in total. The van der Waals surface area contributed by atoms with Crippen LogP contribution in [0.5, 0.6) is 0 Å². The molecule has 0 radical (unpaired) electrons. The Morgan fingerprint density at radius 2 is 1.95 bits per heavy atom. The zero-order chi connectivity index (χ0) is 13.9. The molecular formula is C17H23N3. The van der Waals surface area contributed by atoms with Gasteiger partial charge in [-0.05, 0) is 36.0 Å². The Bertz CT molecular complexity index is 550. The van der Waals surface area contributed by atoms with Gasteiger partial charge in [-0.1, -0.05) is 38.1 Å². The van der Waals surface area contributed by atoms with E-state index in [0.717, 1.165) is 19.1 Å². The van der Waals surface area contributed by atoms with E-state index >= 15 is 0 Å². The number of benzene rings is 1. The zero-order valence-electron chi connectivity index (χ0n) is 12.3. The van der Waals surface area contributed by atoms with Crippen molar-refractivity contribution in [1.29, 1.82) is 0 Å². The van der Waals surface area contributed by atoms with E-state index in [1.165, 1.54) is 29.7 Å². The third kappa shape index (κ3) is 3.28. The number of nitrogens with one attached hydrogen (secondary N) is 1. The standard InChI is InChI=1S/C17H23N3/c1-13(2)15-5-3-14(4-6-15)12-20-17(9-10-19-20)11-18-16-7-8-16/h3-6,9-10,13,16,18H,7-8,11-12H2,1-2H3. The number of hydrogen-bond donors (Lipinski definition) is 1. The van der Waals surface area contributed by atoms with E-state index in [1.54, 1.807) is 0 Å². The molecule has 1 heterocycles. The maximum absolute atomic E-state index is 4.44. The molecule has 3 heteroatoms. The first-order valence-electron chi connectivity index (χ1n) is 7.55. The minimum absolute atomic E-state index is 0.590. The SMILES string of the molecule is CC(C)c1ccc(Cn2nccc2CNC2CC2)cc1. The summed E-state index contributed by atoms with van der Waals surface area (Å²) in [5.74, 6) is 0.590. The summed E-state index contributed by atoms with van der Waals surface area (Å²) in [4.78, 5) is 0. The number of rotatable bonds is 6. The highest BCUT2D eigenvalue weighted by atomic mass is 15.3. The van der Waals surface area contributed by atoms with Gasteiger partial charge < -0.3 is 5.32 Å². The van der Waals surface area contributed by atoms with Crippen LogP contribution < -0.4 is 5.32 Å². The Kier molecular flexibility index (Phi) is 3.88. The van der Waals surface area contributed by atoms with E-state index in [9.17, 15) is 0 Å². The average molecular weight is 269 g/mol. The molecule has 2 aromatic rings. The highest BCUT2D eigenvalue weighted by molar-refractivity contribution is 5.25. The smallest absolute Gasteiger partial charge is 0.0663 e. The van der Waals surface area contributed by atoms with Crippen molar-refractivity contribution in [2.45, 2.75) is 51.7 Å². The predicted molar refractivity (Wildman–Crippen MR) is 81.7 cm³/mol. The summed E-state index contributed by atoms with van der Waals surface area (Å²) >= 11 is 0. The molecular weight excluding hydrogens is 246 g/mol. The van der Waals surface area contributed by atoms with E-state index in [4.69, 9.17) is 0 Å². The molecule has 0 amide bonds. The van der Waals surface area contributed by atoms with E-state index in [0.29, 0.717) is 5.92 Å². The molecule has 1 aromatic heterocycles. The topological polar surface area (TPSA) is 29.9 Å². The second-order valence-electron chi connectivity index (χ2n) is 6.03. The molecule has 0 aliphatic heterocycles. The fourth-order valence-corrected chi connectivity index (χ4v) is 2.37. The van der Waals surface area contributed by atoms with Gasteiger partial charge in [0.1, 0.15) is 0 Å². The number of hydrogen-bond acceptors (Lipinski definition) is 2. The lowest BCUT2D eigenvalue weighted by Gasteiger charge is -2.10. The van der Waals surface area contributed by atoms with Crippen molar-refractivity contribution in [3.8, 4) is 0 Å². The van der Waals surface area contributed by atoms with E-state index < -0.39 is 0 Å². The molecule has 1 fully saturated rings. The molecule has 1 aromatic carbocycles. The molecule has 0 atom stereocenters. The molecule has 1 aliphatic rings. The Morgan fingerprint density at radius 1 is 1.20 bits per heavy atom. The first kappa shape index (κ1) is 13.4. The van der Waals surface area contributed by atoms with Crippen LogP contribution in [0.1, 0.15) is 49.4 Å². The molecule has 0 bridgehead atoms. The van der Waals surface area contributed by atoms with Crippen LogP contribution in [0, 0.1) is 0 Å². The summed E-state index contributed by atoms with van der Waals surface area (Å²) in [6.07, 6.45) is 4.54. The molecule has 3 rings (SSSR count). The van der Waals surface area contributed by atoms with Gasteiger partial charge in [-0.2, -0.15) is 5.10 Å². The summed E-state index contributed by atoms with van der Waals surface area (Å²) in [5.41, 5.74) is 3.97. The summed E-state index contributed by atoms with van der Waals surface area (Å²) < 4.78 is 2.10. The molecule has 0 spiro atoms. The van der Waals surface area contributed by atoms with E-state index in [1.807, 2.05) is 6.20 Å². The molecule has 20 heavy (non-hydrogen) atoms. The van der Waals surface area contributed by atoms with E-state index in [2.05, 4.69) is 59.3 Å². The van der Waals surface area contributed by atoms with E-state index in [-0.39, 0.29) is 0 Å². The molecule has 106 valence electrons. The molecule has 0 saturated heterocycles. The van der Waals surface area contributed by atoms with Crippen LogP contribution in [0.3, 0.4) is 0 Å². The zero-order valence-corrected chi connectivity index (χ0v) is 12.3. The second-order valence-corrected chi connectivity index (χ2v) is 6.03. The largest absolute Gasteiger partial charge is 0.308 e. The van der Waals surface area contributed by atoms with Gasteiger partial charge in [-0.15, -0.1) is 0 Å². The third-order valence-corrected chi connectivity index (χ3v) is 3.93. The monoisotopic (exact) mass is 269 g/mol. The quantitative estimate of drug-likeness (QED) is 0.872. The third-order valence-electron chi connectivity index (χ3n) is 3.93. The molecule has 0 unspecified atom stereocenters. The van der Waals surface area contributed by atoms with Gasteiger partial charge in [0.2, 0.25) is 0 Å². The first-order chi connectivity index (χ1) is 9.72. The van der Waals surface area contributed by atoms with Gasteiger partial charge in [-0.25, -0.2) is 0 Å². The summed E-state index contributed by atoms with van der Waals surface area (Å²) in [6.45, 7) is 6.23. The lowest BCUT2D eigenvalue weighted by atomic mass is 10.0. The Morgan fingerprint density at radius 3 is 2.60 bits per heavy atom. The summed E-state index contributed by atoms with van der Waals surface area (Å²) in [5, 5.41) is 7.99. The fourth-order valence-electron chi connectivity index (χ4n) is 2.37. The highest BCUT2D eigenvalue weighted by Gasteiger charge is 2.20. The average Bonchev–Trinajstić information content (AvgIpc) is 3.18. The Balaban J connectivity index is 1.65. The lowest BCUT2D eigenvalue weighted by molar-refractivity contribution is 0.593. The van der Waals surface area contributed by atoms with Crippen molar-refractivity contribution in [2.75, 3.05) is 0 Å². The molecule has 1 aliphatic carbocycles. The minimum Gasteiger partial charge on any atom is -0.308 e. The van der Waals surface area contributed by atoms with Gasteiger partial charge in [0.15, 0.2) is 0 Å². The summed E-state index contributed by atoms with van der Waals surface area (Å²) in [6, 6.07) is 11.7. The van der Waals surface area contributed by atoms with Crippen molar-refractivity contribution in [2.24, 2.45) is 0 Å². The van der Waals surface area contributed by atoms with Crippen LogP contribution in [-0.2, 0) is 13.1 Å². The highest BCUT2D eigenvalue weighted by Crippen LogP contribution is 2.19. The first-order valence-corrected chi connectivity index (χ1v) is 7.55. The van der Waals surface area contributed by atoms with Gasteiger partial charge in [0.25, 0.3) is 0 Å². The number of aromatic nitrogens is 2. The van der Waals surface area contributed by atoms with Crippen LogP contribution in [0.15, 0.2) is 36.5 Å². The normalized spacial score (nSPS) is 14.9. The molecule has 1 saturated carbocycles. The Labute approximate surface area is 121 Å². The van der Waals surface area contributed by atoms with Crippen molar-refractivity contribution < 1.29 is 0 Å². The number of nitrogens with zero attached hydrogens (tertiary/aromatic N) is 2. The van der Waals surface area contributed by atoms with Crippen LogP contribution in [0.25, 0.3) is 0 Å². The van der Waals surface area contributed by atoms with Crippen molar-refractivity contribution >= 4 is 0 Å². The Hall–Kier alpha value is -1.61. The van der Waals surface area contributed by atoms with Crippen LogP contribution >= 0.6 is 0 Å². The minimum atomic E-state index is 0.590. The van der Waals surface area contributed by atoms with Gasteiger partial charge in [-0.3, -0.25) is 4.68 Å². The van der Waals surface area contributed by atoms with Gasteiger partial charge in [0, 0.05) is 18.8 Å². The van der Waals surface area contributed by atoms with Crippen molar-refractivity contribution in [3.63, 3.8) is 0 Å². The molecule has 1 N–H and O–H groups in total. The lowest BCUT2D eigenvalue weighted by Crippen LogP contribution is -2.18. The van der Waals surface area contributed by atoms with Crippen LogP contribution in [-0.4, -0.2) is 15.8 Å². The van der Waals surface area contributed by atoms with Crippen LogP contribution in [0.2, 0.25) is 0 Å². The predicted octanol–water partition coefficient (Wildman–Crippen LogP) is 3.31. The van der Waals surface area contributed by atoms with Gasteiger partial charge >= 0.3 is 0 Å².